The Balaban J connectivity index is 1.76. The van der Waals surface area contributed by atoms with Gasteiger partial charge < -0.3 is 15.4 Å². The zero-order valence-electron chi connectivity index (χ0n) is 9.99. The predicted octanol–water partition coefficient (Wildman–Crippen LogP) is 1.75. The number of morpholine rings is 1. The third-order valence-corrected chi connectivity index (χ3v) is 3.02. The van der Waals surface area contributed by atoms with Gasteiger partial charge in [0.15, 0.2) is 0 Å². The van der Waals surface area contributed by atoms with Crippen LogP contribution in [0.15, 0.2) is 24.3 Å². The standard InChI is InChI=1S/C12H16ClN3O2/c13-10-3-1-2-4-11(10)15-12(17)14-9-16-5-7-18-8-6-16/h1-4H,5-9H2,(H2,14,15,17). The van der Waals surface area contributed by atoms with Crippen LogP contribution in [0.25, 0.3) is 0 Å². The Bertz CT molecular complexity index is 408. The molecule has 2 rings (SSSR count). The molecule has 1 fully saturated rings. The number of nitrogens with zero attached hydrogens (tertiary/aromatic N) is 1. The van der Waals surface area contributed by atoms with Crippen molar-refractivity contribution < 1.29 is 9.53 Å². The van der Waals surface area contributed by atoms with Crippen LogP contribution in [0.2, 0.25) is 5.02 Å². The van der Waals surface area contributed by atoms with E-state index in [0.29, 0.717) is 30.6 Å². The van der Waals surface area contributed by atoms with Crippen molar-refractivity contribution in [3.63, 3.8) is 0 Å². The molecule has 5 nitrogen and oxygen atoms in total. The summed E-state index contributed by atoms with van der Waals surface area (Å²) in [5.74, 6) is 0. The molecule has 1 aliphatic rings. The van der Waals surface area contributed by atoms with Gasteiger partial charge in [0.2, 0.25) is 0 Å². The Morgan fingerprint density at radius 1 is 1.33 bits per heavy atom. The number of nitrogens with one attached hydrogen (secondary N) is 2. The number of benzene rings is 1. The van der Waals surface area contributed by atoms with E-state index in [1.807, 2.05) is 12.1 Å². The molecule has 1 saturated heterocycles. The normalized spacial score (nSPS) is 16.3. The molecule has 2 amide bonds. The SMILES string of the molecule is O=C(NCN1CCOCC1)Nc1ccccc1Cl. The van der Waals surface area contributed by atoms with Crippen LogP contribution >= 0.6 is 11.6 Å². The number of carbonyl (C=O) groups is 1. The van der Waals surface area contributed by atoms with Crippen LogP contribution in [-0.4, -0.2) is 43.9 Å². The Kier molecular flexibility index (Phi) is 4.81. The lowest BCUT2D eigenvalue weighted by molar-refractivity contribution is 0.0358. The Labute approximate surface area is 111 Å². The highest BCUT2D eigenvalue weighted by Crippen LogP contribution is 2.19. The third-order valence-electron chi connectivity index (χ3n) is 2.69. The summed E-state index contributed by atoms with van der Waals surface area (Å²) in [6.07, 6.45) is 0. The van der Waals surface area contributed by atoms with Gasteiger partial charge in [-0.15, -0.1) is 0 Å². The number of amides is 2. The summed E-state index contributed by atoms with van der Waals surface area (Å²) in [5.41, 5.74) is 0.610. The van der Waals surface area contributed by atoms with Crippen LogP contribution in [0.5, 0.6) is 0 Å². The highest BCUT2D eigenvalue weighted by Gasteiger charge is 2.11. The van der Waals surface area contributed by atoms with Gasteiger partial charge >= 0.3 is 6.03 Å². The first-order valence-electron chi connectivity index (χ1n) is 5.85. The minimum absolute atomic E-state index is 0.255. The smallest absolute Gasteiger partial charge is 0.320 e. The maximum atomic E-state index is 11.7. The van der Waals surface area contributed by atoms with E-state index in [4.69, 9.17) is 16.3 Å². The molecule has 98 valence electrons. The largest absolute Gasteiger partial charge is 0.379 e. The summed E-state index contributed by atoms with van der Waals surface area (Å²) in [5, 5.41) is 6.03. The van der Waals surface area contributed by atoms with Gasteiger partial charge in [0.05, 0.1) is 30.6 Å². The van der Waals surface area contributed by atoms with Gasteiger partial charge in [0.25, 0.3) is 0 Å². The van der Waals surface area contributed by atoms with E-state index in [1.165, 1.54) is 0 Å². The molecule has 0 aromatic heterocycles. The number of hydrogen-bond donors (Lipinski definition) is 2. The van der Waals surface area contributed by atoms with Gasteiger partial charge in [-0.05, 0) is 12.1 Å². The molecular formula is C12H16ClN3O2. The molecule has 18 heavy (non-hydrogen) atoms. The monoisotopic (exact) mass is 269 g/mol. The number of para-hydroxylation sites is 1. The van der Waals surface area contributed by atoms with Gasteiger partial charge in [-0.25, -0.2) is 4.79 Å². The molecule has 1 heterocycles. The summed E-state index contributed by atoms with van der Waals surface area (Å²) >= 11 is 5.95. The number of urea groups is 1. The molecule has 0 bridgehead atoms. The minimum Gasteiger partial charge on any atom is -0.379 e. The van der Waals surface area contributed by atoms with Crippen molar-refractivity contribution in [3.05, 3.63) is 29.3 Å². The highest BCUT2D eigenvalue weighted by molar-refractivity contribution is 6.33. The fourth-order valence-corrected chi connectivity index (χ4v) is 1.85. The second-order valence-electron chi connectivity index (χ2n) is 4.00. The molecule has 0 atom stereocenters. The molecule has 1 aromatic rings. The summed E-state index contributed by atoms with van der Waals surface area (Å²) in [6.45, 7) is 3.63. The van der Waals surface area contributed by atoms with E-state index in [-0.39, 0.29) is 6.03 Å². The maximum absolute atomic E-state index is 11.7. The van der Waals surface area contributed by atoms with Crippen LogP contribution < -0.4 is 10.6 Å². The summed E-state index contributed by atoms with van der Waals surface area (Å²) in [7, 11) is 0. The lowest BCUT2D eigenvalue weighted by Gasteiger charge is -2.26. The lowest BCUT2D eigenvalue weighted by Crippen LogP contribution is -2.44. The summed E-state index contributed by atoms with van der Waals surface area (Å²) in [4.78, 5) is 13.8. The Morgan fingerprint density at radius 2 is 2.06 bits per heavy atom. The number of carbonyl (C=O) groups excluding carboxylic acids is 1. The second-order valence-corrected chi connectivity index (χ2v) is 4.41. The molecule has 0 spiro atoms. The van der Waals surface area contributed by atoms with Crippen LogP contribution in [0.1, 0.15) is 0 Å². The van der Waals surface area contributed by atoms with E-state index in [0.717, 1.165) is 13.1 Å². The van der Waals surface area contributed by atoms with Crippen molar-refractivity contribution in [1.29, 1.82) is 0 Å². The van der Waals surface area contributed by atoms with Crippen molar-refractivity contribution >= 4 is 23.3 Å². The summed E-state index contributed by atoms with van der Waals surface area (Å²) in [6, 6.07) is 6.88. The van der Waals surface area contributed by atoms with Gasteiger partial charge in [-0.3, -0.25) is 4.90 Å². The summed E-state index contributed by atoms with van der Waals surface area (Å²) < 4.78 is 5.23. The number of ether oxygens (including phenoxy) is 1. The number of anilines is 1. The van der Waals surface area contributed by atoms with Crippen molar-refractivity contribution in [2.45, 2.75) is 0 Å². The molecule has 0 saturated carbocycles. The first-order chi connectivity index (χ1) is 8.75. The fourth-order valence-electron chi connectivity index (χ4n) is 1.67. The third kappa shape index (κ3) is 3.87. The average Bonchev–Trinajstić information content (AvgIpc) is 2.40. The van der Waals surface area contributed by atoms with E-state index in [9.17, 15) is 4.79 Å². The van der Waals surface area contributed by atoms with Gasteiger partial charge in [-0.2, -0.15) is 0 Å². The van der Waals surface area contributed by atoms with Crippen LogP contribution in [0.3, 0.4) is 0 Å². The number of rotatable bonds is 3. The van der Waals surface area contributed by atoms with E-state index >= 15 is 0 Å². The van der Waals surface area contributed by atoms with Crippen molar-refractivity contribution in [1.82, 2.24) is 10.2 Å². The van der Waals surface area contributed by atoms with Crippen LogP contribution in [0.4, 0.5) is 10.5 Å². The number of halogens is 1. The average molecular weight is 270 g/mol. The molecule has 1 aliphatic heterocycles. The minimum atomic E-state index is -0.255. The van der Waals surface area contributed by atoms with Gasteiger partial charge in [0, 0.05) is 13.1 Å². The molecule has 0 unspecified atom stereocenters. The molecule has 6 heteroatoms. The fraction of sp³-hybridized carbons (Fsp3) is 0.417. The van der Waals surface area contributed by atoms with Gasteiger partial charge in [-0.1, -0.05) is 23.7 Å². The number of hydrogen-bond acceptors (Lipinski definition) is 3. The highest BCUT2D eigenvalue weighted by atomic mass is 35.5. The van der Waals surface area contributed by atoms with E-state index in [1.54, 1.807) is 12.1 Å². The van der Waals surface area contributed by atoms with Crippen LogP contribution in [0, 0.1) is 0 Å². The molecule has 2 N–H and O–H groups in total. The first kappa shape index (κ1) is 13.1. The topological polar surface area (TPSA) is 53.6 Å². The zero-order valence-corrected chi connectivity index (χ0v) is 10.7. The molecule has 0 aliphatic carbocycles. The van der Waals surface area contributed by atoms with E-state index in [2.05, 4.69) is 15.5 Å². The van der Waals surface area contributed by atoms with Crippen molar-refractivity contribution in [3.8, 4) is 0 Å². The van der Waals surface area contributed by atoms with Crippen molar-refractivity contribution in [2.75, 3.05) is 38.3 Å². The Hall–Kier alpha value is -1.30. The Morgan fingerprint density at radius 3 is 2.78 bits per heavy atom. The molecule has 0 radical (unpaired) electrons. The molecular weight excluding hydrogens is 254 g/mol. The zero-order chi connectivity index (χ0) is 12.8. The molecule has 1 aromatic carbocycles. The second kappa shape index (κ2) is 6.58. The van der Waals surface area contributed by atoms with Crippen LogP contribution in [-0.2, 0) is 4.74 Å². The predicted molar refractivity (Wildman–Crippen MR) is 70.9 cm³/mol. The first-order valence-corrected chi connectivity index (χ1v) is 6.23. The van der Waals surface area contributed by atoms with Crippen molar-refractivity contribution in [2.24, 2.45) is 0 Å². The quantitative estimate of drug-likeness (QED) is 0.879. The van der Waals surface area contributed by atoms with E-state index < -0.39 is 0 Å². The lowest BCUT2D eigenvalue weighted by atomic mass is 10.3. The maximum Gasteiger partial charge on any atom is 0.320 e. The van der Waals surface area contributed by atoms with Gasteiger partial charge in [0.1, 0.15) is 0 Å².